The number of nitrogens with zero attached hydrogens (tertiary/aromatic N) is 2. The molecule has 1 aromatic carbocycles. The van der Waals surface area contributed by atoms with Crippen molar-refractivity contribution in [1.29, 1.82) is 0 Å². The zero-order valence-corrected chi connectivity index (χ0v) is 14.8. The second kappa shape index (κ2) is 6.14. The van der Waals surface area contributed by atoms with Gasteiger partial charge in [0.15, 0.2) is 0 Å². The molecule has 0 amide bonds. The monoisotopic (exact) mass is 348 g/mol. The van der Waals surface area contributed by atoms with E-state index in [9.17, 15) is 0 Å². The molecule has 1 aromatic heterocycles. The zero-order chi connectivity index (χ0) is 15.6. The highest BCUT2D eigenvalue weighted by atomic mass is 79.9. The number of benzene rings is 1. The maximum Gasteiger partial charge on any atom is 0.223 e. The van der Waals surface area contributed by atoms with Gasteiger partial charge in [-0.3, -0.25) is 0 Å². The molecule has 21 heavy (non-hydrogen) atoms. The van der Waals surface area contributed by atoms with Gasteiger partial charge in [0.1, 0.15) is 16.2 Å². The van der Waals surface area contributed by atoms with Gasteiger partial charge < -0.3 is 4.74 Å². The molecule has 4 heteroatoms. The first kappa shape index (κ1) is 16.0. The Bertz CT molecular complexity index is 627. The Morgan fingerprint density at radius 3 is 2.43 bits per heavy atom. The Labute approximate surface area is 134 Å². The molecule has 0 radical (unpaired) electrons. The number of ether oxygens (including phenoxy) is 1. The minimum atomic E-state index is 0.0137. The van der Waals surface area contributed by atoms with Crippen molar-refractivity contribution in [3.8, 4) is 11.6 Å². The quantitative estimate of drug-likeness (QED) is 0.715. The minimum absolute atomic E-state index is 0.0137. The van der Waals surface area contributed by atoms with Gasteiger partial charge in [0, 0.05) is 11.6 Å². The number of rotatable bonds is 3. The fraction of sp³-hybridized carbons (Fsp3) is 0.412. The van der Waals surface area contributed by atoms with Gasteiger partial charge in [-0.25, -0.2) is 4.98 Å². The van der Waals surface area contributed by atoms with Gasteiger partial charge in [-0.15, -0.1) is 0 Å². The van der Waals surface area contributed by atoms with Crippen molar-refractivity contribution >= 4 is 15.9 Å². The molecule has 1 heterocycles. The molecule has 0 atom stereocenters. The van der Waals surface area contributed by atoms with Crippen LogP contribution in [0.3, 0.4) is 0 Å². The molecule has 0 spiro atoms. The van der Waals surface area contributed by atoms with E-state index in [4.69, 9.17) is 4.74 Å². The Hall–Kier alpha value is -1.42. The van der Waals surface area contributed by atoms with E-state index in [1.807, 2.05) is 13.0 Å². The van der Waals surface area contributed by atoms with Crippen LogP contribution in [0.1, 0.15) is 44.6 Å². The molecule has 0 aliphatic rings. The molecule has 112 valence electrons. The van der Waals surface area contributed by atoms with Gasteiger partial charge in [0.05, 0.1) is 0 Å². The Morgan fingerprint density at radius 1 is 1.14 bits per heavy atom. The van der Waals surface area contributed by atoms with Crippen molar-refractivity contribution in [1.82, 2.24) is 9.97 Å². The number of aryl methyl sites for hydroxylation is 2. The van der Waals surface area contributed by atoms with E-state index in [-0.39, 0.29) is 5.41 Å². The summed E-state index contributed by atoms with van der Waals surface area (Å²) in [6, 6.07) is 8.14. The fourth-order valence-electron chi connectivity index (χ4n) is 2.14. The largest absolute Gasteiger partial charge is 0.439 e. The third-order valence-electron chi connectivity index (χ3n) is 3.26. The molecular formula is C17H21BrN2O. The van der Waals surface area contributed by atoms with E-state index in [0.717, 1.165) is 16.8 Å². The first-order valence-corrected chi connectivity index (χ1v) is 7.91. The van der Waals surface area contributed by atoms with Crippen LogP contribution in [0.5, 0.6) is 11.6 Å². The SMILES string of the molecule is CCc1ccc(Oc2cc(Br)nc(C)n2)c(C(C)(C)C)c1. The van der Waals surface area contributed by atoms with E-state index < -0.39 is 0 Å². The summed E-state index contributed by atoms with van der Waals surface area (Å²) in [5, 5.41) is 0. The Morgan fingerprint density at radius 2 is 1.86 bits per heavy atom. The maximum absolute atomic E-state index is 6.02. The predicted octanol–water partition coefficient (Wildman–Crippen LogP) is 5.20. The predicted molar refractivity (Wildman–Crippen MR) is 89.1 cm³/mol. The lowest BCUT2D eigenvalue weighted by Crippen LogP contribution is -2.13. The average Bonchev–Trinajstić information content (AvgIpc) is 2.36. The van der Waals surface area contributed by atoms with Gasteiger partial charge in [-0.2, -0.15) is 4.98 Å². The summed E-state index contributed by atoms with van der Waals surface area (Å²) in [5.74, 6) is 2.09. The normalized spacial score (nSPS) is 11.5. The van der Waals surface area contributed by atoms with Crippen LogP contribution >= 0.6 is 15.9 Å². The molecule has 0 saturated carbocycles. The molecule has 0 fully saturated rings. The van der Waals surface area contributed by atoms with Crippen LogP contribution in [-0.4, -0.2) is 9.97 Å². The van der Waals surface area contributed by atoms with Crippen LogP contribution in [0.15, 0.2) is 28.9 Å². The number of halogens is 1. The first-order chi connectivity index (χ1) is 9.79. The average molecular weight is 349 g/mol. The third-order valence-corrected chi connectivity index (χ3v) is 3.66. The van der Waals surface area contributed by atoms with Crippen LogP contribution in [-0.2, 0) is 11.8 Å². The summed E-state index contributed by atoms with van der Waals surface area (Å²) < 4.78 is 6.75. The minimum Gasteiger partial charge on any atom is -0.439 e. The van der Waals surface area contributed by atoms with E-state index in [1.165, 1.54) is 11.1 Å². The molecule has 2 rings (SSSR count). The standard InChI is InChI=1S/C17H21BrN2O/c1-6-12-7-8-14(13(9-12)17(3,4)5)21-16-10-15(18)19-11(2)20-16/h7-10H,6H2,1-5H3. The van der Waals surface area contributed by atoms with Gasteiger partial charge in [-0.1, -0.05) is 39.8 Å². The van der Waals surface area contributed by atoms with Crippen molar-refractivity contribution in [2.75, 3.05) is 0 Å². The summed E-state index contributed by atoms with van der Waals surface area (Å²) in [6.07, 6.45) is 1.02. The van der Waals surface area contributed by atoms with Crippen LogP contribution < -0.4 is 4.74 Å². The summed E-state index contributed by atoms with van der Waals surface area (Å²) >= 11 is 3.38. The lowest BCUT2D eigenvalue weighted by Gasteiger charge is -2.23. The molecule has 0 unspecified atom stereocenters. The van der Waals surface area contributed by atoms with Crippen LogP contribution in [0, 0.1) is 6.92 Å². The van der Waals surface area contributed by atoms with Crippen molar-refractivity contribution in [3.05, 3.63) is 45.8 Å². The maximum atomic E-state index is 6.02. The van der Waals surface area contributed by atoms with Gasteiger partial charge in [0.2, 0.25) is 5.88 Å². The highest BCUT2D eigenvalue weighted by molar-refractivity contribution is 9.10. The highest BCUT2D eigenvalue weighted by Crippen LogP contribution is 2.35. The Kier molecular flexibility index (Phi) is 4.67. The van der Waals surface area contributed by atoms with E-state index in [0.29, 0.717) is 11.7 Å². The summed E-state index contributed by atoms with van der Waals surface area (Å²) in [4.78, 5) is 8.53. The second-order valence-corrected chi connectivity index (χ2v) is 6.92. The molecule has 0 aliphatic carbocycles. The van der Waals surface area contributed by atoms with Crippen LogP contribution in [0.4, 0.5) is 0 Å². The zero-order valence-electron chi connectivity index (χ0n) is 13.2. The fourth-order valence-corrected chi connectivity index (χ4v) is 2.60. The third kappa shape index (κ3) is 4.03. The summed E-state index contributed by atoms with van der Waals surface area (Å²) in [5.41, 5.74) is 2.52. The molecule has 2 aromatic rings. The van der Waals surface area contributed by atoms with E-state index in [1.54, 1.807) is 6.07 Å². The molecule has 0 bridgehead atoms. The number of aromatic nitrogens is 2. The lowest BCUT2D eigenvalue weighted by atomic mass is 9.85. The molecule has 0 N–H and O–H groups in total. The first-order valence-electron chi connectivity index (χ1n) is 7.12. The summed E-state index contributed by atoms with van der Waals surface area (Å²) in [6.45, 7) is 10.6. The van der Waals surface area contributed by atoms with Crippen LogP contribution in [0.2, 0.25) is 0 Å². The smallest absolute Gasteiger partial charge is 0.223 e. The van der Waals surface area contributed by atoms with Gasteiger partial charge >= 0.3 is 0 Å². The van der Waals surface area contributed by atoms with Crippen molar-refractivity contribution in [3.63, 3.8) is 0 Å². The topological polar surface area (TPSA) is 35.0 Å². The van der Waals surface area contributed by atoms with Crippen molar-refractivity contribution in [2.45, 2.75) is 46.5 Å². The molecular weight excluding hydrogens is 328 g/mol. The number of hydrogen-bond donors (Lipinski definition) is 0. The van der Waals surface area contributed by atoms with Gasteiger partial charge in [-0.05, 0) is 46.3 Å². The second-order valence-electron chi connectivity index (χ2n) is 6.11. The van der Waals surface area contributed by atoms with Gasteiger partial charge in [0.25, 0.3) is 0 Å². The number of hydrogen-bond acceptors (Lipinski definition) is 3. The lowest BCUT2D eigenvalue weighted by molar-refractivity contribution is 0.436. The van der Waals surface area contributed by atoms with E-state index >= 15 is 0 Å². The van der Waals surface area contributed by atoms with Crippen LogP contribution in [0.25, 0.3) is 0 Å². The highest BCUT2D eigenvalue weighted by Gasteiger charge is 2.20. The van der Waals surface area contributed by atoms with Crippen molar-refractivity contribution in [2.24, 2.45) is 0 Å². The summed E-state index contributed by atoms with van der Waals surface area (Å²) in [7, 11) is 0. The van der Waals surface area contributed by atoms with Crippen molar-refractivity contribution < 1.29 is 4.74 Å². The molecule has 0 aliphatic heterocycles. The molecule has 3 nitrogen and oxygen atoms in total. The molecule has 0 saturated heterocycles. The van der Waals surface area contributed by atoms with E-state index in [2.05, 4.69) is 65.7 Å². The Balaban J connectivity index is 2.43.